The quantitative estimate of drug-likeness (QED) is 0.860. The molecule has 1 N–H and O–H groups in total. The summed E-state index contributed by atoms with van der Waals surface area (Å²) in [7, 11) is 0. The molecule has 1 aliphatic rings. The largest absolute Gasteiger partial charge is 0.352 e. The fourth-order valence-corrected chi connectivity index (χ4v) is 2.74. The number of nitrogens with one attached hydrogen (secondary N) is 1. The minimum Gasteiger partial charge on any atom is -0.352 e. The van der Waals surface area contributed by atoms with E-state index in [1.54, 1.807) is 0 Å². The predicted octanol–water partition coefficient (Wildman–Crippen LogP) is 1.84. The third-order valence-electron chi connectivity index (χ3n) is 3.19. The van der Waals surface area contributed by atoms with Crippen LogP contribution in [0.25, 0.3) is 0 Å². The van der Waals surface area contributed by atoms with Crippen molar-refractivity contribution in [2.75, 3.05) is 19.6 Å². The third kappa shape index (κ3) is 4.14. The highest BCUT2D eigenvalue weighted by atomic mass is 79.9. The number of rotatable bonds is 4. The standard InChI is InChI=1S/C14H17BrN2O2/c1-10(18)16-13-5-6-17(8-13)9-14(19)11-3-2-4-12(15)7-11/h2-4,7,13H,5-6,8-9H2,1H3,(H,16,18). The Morgan fingerprint density at radius 2 is 2.26 bits per heavy atom. The van der Waals surface area contributed by atoms with Crippen LogP contribution >= 0.6 is 15.9 Å². The number of benzene rings is 1. The van der Waals surface area contributed by atoms with E-state index in [1.807, 2.05) is 24.3 Å². The first-order valence-corrected chi connectivity index (χ1v) is 7.12. The zero-order valence-electron chi connectivity index (χ0n) is 10.9. The molecule has 0 aliphatic carbocycles. The van der Waals surface area contributed by atoms with Crippen LogP contribution in [0.5, 0.6) is 0 Å². The van der Waals surface area contributed by atoms with Gasteiger partial charge in [-0.25, -0.2) is 0 Å². The summed E-state index contributed by atoms with van der Waals surface area (Å²) in [5.74, 6) is 0.106. The Bertz CT molecular complexity index is 490. The number of likely N-dealkylation sites (tertiary alicyclic amines) is 1. The van der Waals surface area contributed by atoms with Crippen molar-refractivity contribution in [1.82, 2.24) is 10.2 Å². The Morgan fingerprint density at radius 3 is 2.95 bits per heavy atom. The molecule has 0 radical (unpaired) electrons. The molecule has 1 aromatic rings. The Balaban J connectivity index is 1.89. The van der Waals surface area contributed by atoms with Crippen molar-refractivity contribution >= 4 is 27.6 Å². The lowest BCUT2D eigenvalue weighted by molar-refractivity contribution is -0.119. The fraction of sp³-hybridized carbons (Fsp3) is 0.429. The summed E-state index contributed by atoms with van der Waals surface area (Å²) < 4.78 is 0.913. The van der Waals surface area contributed by atoms with E-state index >= 15 is 0 Å². The van der Waals surface area contributed by atoms with E-state index in [0.29, 0.717) is 6.54 Å². The van der Waals surface area contributed by atoms with Crippen LogP contribution in [-0.4, -0.2) is 42.3 Å². The van der Waals surface area contributed by atoms with Crippen LogP contribution in [-0.2, 0) is 4.79 Å². The average molecular weight is 325 g/mol. The Morgan fingerprint density at radius 1 is 1.47 bits per heavy atom. The van der Waals surface area contributed by atoms with E-state index in [0.717, 1.165) is 29.5 Å². The van der Waals surface area contributed by atoms with E-state index in [2.05, 4.69) is 26.1 Å². The first-order chi connectivity index (χ1) is 9.04. The molecule has 0 saturated carbocycles. The van der Waals surface area contributed by atoms with Gasteiger partial charge in [-0.2, -0.15) is 0 Å². The van der Waals surface area contributed by atoms with Gasteiger partial charge in [0.25, 0.3) is 0 Å². The van der Waals surface area contributed by atoms with Gasteiger partial charge >= 0.3 is 0 Å². The molecule has 0 spiro atoms. The Kier molecular flexibility index (Phi) is 4.71. The van der Waals surface area contributed by atoms with E-state index < -0.39 is 0 Å². The molecule has 1 aromatic carbocycles. The highest BCUT2D eigenvalue weighted by molar-refractivity contribution is 9.10. The number of nitrogens with zero attached hydrogens (tertiary/aromatic N) is 1. The molecule has 1 fully saturated rings. The van der Waals surface area contributed by atoms with Gasteiger partial charge in [-0.1, -0.05) is 28.1 Å². The lowest BCUT2D eigenvalue weighted by Crippen LogP contribution is -2.36. The Labute approximate surface area is 121 Å². The monoisotopic (exact) mass is 324 g/mol. The minimum absolute atomic E-state index is 0.00911. The molecular weight excluding hydrogens is 308 g/mol. The molecule has 5 heteroatoms. The van der Waals surface area contributed by atoms with Gasteiger partial charge < -0.3 is 5.32 Å². The first kappa shape index (κ1) is 14.2. The van der Waals surface area contributed by atoms with Crippen molar-refractivity contribution in [2.24, 2.45) is 0 Å². The summed E-state index contributed by atoms with van der Waals surface area (Å²) in [6.07, 6.45) is 0.908. The molecule has 2 rings (SSSR count). The summed E-state index contributed by atoms with van der Waals surface area (Å²) in [6, 6.07) is 7.60. The van der Waals surface area contributed by atoms with Crippen molar-refractivity contribution in [2.45, 2.75) is 19.4 Å². The van der Waals surface area contributed by atoms with Gasteiger partial charge in [0, 0.05) is 36.1 Å². The van der Waals surface area contributed by atoms with E-state index in [1.165, 1.54) is 6.92 Å². The molecule has 0 bridgehead atoms. The second kappa shape index (κ2) is 6.30. The SMILES string of the molecule is CC(=O)NC1CCN(CC(=O)c2cccc(Br)c2)C1. The highest BCUT2D eigenvalue weighted by Gasteiger charge is 2.24. The molecular formula is C14H17BrN2O2. The van der Waals surface area contributed by atoms with Gasteiger partial charge in [-0.15, -0.1) is 0 Å². The molecule has 1 unspecified atom stereocenters. The molecule has 4 nitrogen and oxygen atoms in total. The van der Waals surface area contributed by atoms with Gasteiger partial charge in [0.1, 0.15) is 0 Å². The second-order valence-corrected chi connectivity index (χ2v) is 5.77. The molecule has 0 aromatic heterocycles. The van der Waals surface area contributed by atoms with Crippen LogP contribution in [0.4, 0.5) is 0 Å². The molecule has 1 atom stereocenters. The van der Waals surface area contributed by atoms with Gasteiger partial charge in [-0.3, -0.25) is 14.5 Å². The molecule has 102 valence electrons. The molecule has 19 heavy (non-hydrogen) atoms. The number of hydrogen-bond acceptors (Lipinski definition) is 3. The van der Waals surface area contributed by atoms with Gasteiger partial charge in [0.05, 0.1) is 6.54 Å². The summed E-state index contributed by atoms with van der Waals surface area (Å²) in [6.45, 7) is 3.53. The van der Waals surface area contributed by atoms with E-state index in [4.69, 9.17) is 0 Å². The summed E-state index contributed by atoms with van der Waals surface area (Å²) in [5, 5.41) is 2.89. The van der Waals surface area contributed by atoms with Crippen LogP contribution in [0.2, 0.25) is 0 Å². The first-order valence-electron chi connectivity index (χ1n) is 6.33. The fourth-order valence-electron chi connectivity index (χ4n) is 2.34. The van der Waals surface area contributed by atoms with E-state index in [-0.39, 0.29) is 17.7 Å². The van der Waals surface area contributed by atoms with Gasteiger partial charge in [-0.05, 0) is 18.6 Å². The van der Waals surface area contributed by atoms with Crippen LogP contribution in [0.3, 0.4) is 0 Å². The van der Waals surface area contributed by atoms with Crippen molar-refractivity contribution in [3.05, 3.63) is 34.3 Å². The van der Waals surface area contributed by atoms with Crippen LogP contribution in [0, 0.1) is 0 Å². The van der Waals surface area contributed by atoms with E-state index in [9.17, 15) is 9.59 Å². The van der Waals surface area contributed by atoms with Crippen molar-refractivity contribution in [3.8, 4) is 0 Å². The average Bonchev–Trinajstić information content (AvgIpc) is 2.75. The van der Waals surface area contributed by atoms with Gasteiger partial charge in [0.15, 0.2) is 5.78 Å². The lowest BCUT2D eigenvalue weighted by Gasteiger charge is -2.15. The van der Waals surface area contributed by atoms with Crippen LogP contribution in [0.15, 0.2) is 28.7 Å². The maximum atomic E-state index is 12.1. The number of amides is 1. The molecule has 1 saturated heterocycles. The number of carbonyl (C=O) groups is 2. The maximum absolute atomic E-state index is 12.1. The predicted molar refractivity (Wildman–Crippen MR) is 77.1 cm³/mol. The summed E-state index contributed by atoms with van der Waals surface area (Å²) in [5.41, 5.74) is 0.720. The van der Waals surface area contributed by atoms with Crippen molar-refractivity contribution in [1.29, 1.82) is 0 Å². The number of hydrogen-bond donors (Lipinski definition) is 1. The normalized spacial score (nSPS) is 19.4. The number of halogens is 1. The summed E-state index contributed by atoms with van der Waals surface area (Å²) >= 11 is 3.37. The number of ketones is 1. The lowest BCUT2D eigenvalue weighted by atomic mass is 10.1. The zero-order chi connectivity index (χ0) is 13.8. The number of Topliss-reactive ketones (excluding diaryl/α,β-unsaturated/α-hetero) is 1. The number of carbonyl (C=O) groups excluding carboxylic acids is 2. The van der Waals surface area contributed by atoms with Crippen molar-refractivity contribution < 1.29 is 9.59 Å². The van der Waals surface area contributed by atoms with Gasteiger partial charge in [0.2, 0.25) is 5.91 Å². The smallest absolute Gasteiger partial charge is 0.217 e. The van der Waals surface area contributed by atoms with Crippen molar-refractivity contribution in [3.63, 3.8) is 0 Å². The topological polar surface area (TPSA) is 49.4 Å². The van der Waals surface area contributed by atoms with Crippen LogP contribution < -0.4 is 5.32 Å². The third-order valence-corrected chi connectivity index (χ3v) is 3.69. The molecule has 1 amide bonds. The second-order valence-electron chi connectivity index (χ2n) is 4.85. The highest BCUT2D eigenvalue weighted by Crippen LogP contribution is 2.14. The minimum atomic E-state index is -0.00911. The summed E-state index contributed by atoms with van der Waals surface area (Å²) in [4.78, 5) is 25.2. The Hall–Kier alpha value is -1.20. The van der Waals surface area contributed by atoms with Crippen LogP contribution in [0.1, 0.15) is 23.7 Å². The zero-order valence-corrected chi connectivity index (χ0v) is 12.4. The molecule has 1 aliphatic heterocycles. The molecule has 1 heterocycles. The maximum Gasteiger partial charge on any atom is 0.217 e.